The summed E-state index contributed by atoms with van der Waals surface area (Å²) in [6, 6.07) is 1.01. The van der Waals surface area contributed by atoms with Crippen molar-refractivity contribution < 1.29 is 17.9 Å². The Labute approximate surface area is 180 Å². The average molecular weight is 429 g/mol. The van der Waals surface area contributed by atoms with Gasteiger partial charge in [-0.1, -0.05) is 43.9 Å². The molecule has 0 aliphatic carbocycles. The normalized spacial score (nSPS) is 13.5. The molecule has 1 rings (SSSR count). The maximum atomic E-state index is 14.5. The summed E-state index contributed by atoms with van der Waals surface area (Å²) in [5.74, 6) is -3.91. The van der Waals surface area contributed by atoms with Crippen LogP contribution in [-0.2, 0) is 4.74 Å². The van der Waals surface area contributed by atoms with Crippen molar-refractivity contribution >= 4 is 17.3 Å². The van der Waals surface area contributed by atoms with Gasteiger partial charge >= 0.3 is 0 Å². The van der Waals surface area contributed by atoms with Crippen molar-refractivity contribution in [3.63, 3.8) is 0 Å². The van der Waals surface area contributed by atoms with Crippen LogP contribution in [0.1, 0.15) is 25.8 Å². The molecule has 0 atom stereocenters. The summed E-state index contributed by atoms with van der Waals surface area (Å²) in [6.45, 7) is 7.19. The smallest absolute Gasteiger partial charge is 0.215 e. The minimum Gasteiger partial charge on any atom is -0.481 e. The fourth-order valence-corrected chi connectivity index (χ4v) is 2.77. The maximum absolute atomic E-state index is 14.5. The Kier molecular flexibility index (Phi) is 10.1. The molecule has 0 heterocycles. The maximum Gasteiger partial charge on any atom is 0.215 e. The van der Waals surface area contributed by atoms with E-state index in [1.807, 2.05) is 6.92 Å². The standard InChI is InChI=1S/C24H26F3N3O/c1-6-9-11-15(8-3)20(22(24(29)31-5)19(30-4)12-10-7-2)23(28)21-17(26)13-16(25)14-18(21)27/h6,8-14,28-29H,1,7H2,2-5H3/b11-9-,12-10-,15-8+,22-20-,28-23?,29-24?,30-19?. The molecule has 0 bridgehead atoms. The molecular weight excluding hydrogens is 403 g/mol. The Bertz CT molecular complexity index is 992. The van der Waals surface area contributed by atoms with E-state index >= 15 is 0 Å². The topological polar surface area (TPSA) is 69.3 Å². The molecule has 0 amide bonds. The number of aliphatic imine (C=N–C) groups is 1. The molecule has 7 heteroatoms. The minimum atomic E-state index is -1.23. The first-order valence-electron chi connectivity index (χ1n) is 9.47. The Balaban J connectivity index is 4.10. The van der Waals surface area contributed by atoms with Gasteiger partial charge in [-0.05, 0) is 25.0 Å². The average Bonchev–Trinajstić information content (AvgIpc) is 2.73. The molecule has 0 saturated carbocycles. The van der Waals surface area contributed by atoms with Crippen molar-refractivity contribution in [2.45, 2.75) is 20.3 Å². The third kappa shape index (κ3) is 6.25. The van der Waals surface area contributed by atoms with Crippen molar-refractivity contribution in [2.24, 2.45) is 4.99 Å². The predicted molar refractivity (Wildman–Crippen MR) is 121 cm³/mol. The van der Waals surface area contributed by atoms with E-state index in [2.05, 4.69) is 11.6 Å². The van der Waals surface area contributed by atoms with Crippen LogP contribution >= 0.6 is 0 Å². The molecule has 4 nitrogen and oxygen atoms in total. The van der Waals surface area contributed by atoms with Crippen molar-refractivity contribution in [3.05, 3.63) is 94.9 Å². The molecule has 0 radical (unpaired) electrons. The van der Waals surface area contributed by atoms with Crippen LogP contribution in [0.15, 0.2) is 76.9 Å². The molecule has 164 valence electrons. The Morgan fingerprint density at radius 3 is 2.19 bits per heavy atom. The van der Waals surface area contributed by atoms with Crippen molar-refractivity contribution in [3.8, 4) is 0 Å². The fourth-order valence-electron chi connectivity index (χ4n) is 2.77. The lowest BCUT2D eigenvalue weighted by Gasteiger charge is -2.19. The zero-order chi connectivity index (χ0) is 23.6. The number of ether oxygens (including phenoxy) is 1. The molecule has 0 spiro atoms. The second-order valence-corrected chi connectivity index (χ2v) is 6.16. The Morgan fingerprint density at radius 2 is 1.74 bits per heavy atom. The highest BCUT2D eigenvalue weighted by Crippen LogP contribution is 2.27. The van der Waals surface area contributed by atoms with Crippen LogP contribution in [0, 0.1) is 28.3 Å². The molecule has 1 aromatic carbocycles. The van der Waals surface area contributed by atoms with Crippen molar-refractivity contribution in [1.82, 2.24) is 0 Å². The lowest BCUT2D eigenvalue weighted by molar-refractivity contribution is 0.401. The van der Waals surface area contributed by atoms with E-state index < -0.39 is 28.7 Å². The summed E-state index contributed by atoms with van der Waals surface area (Å²) in [4.78, 5) is 4.18. The number of nitrogens with zero attached hydrogens (tertiary/aromatic N) is 1. The number of benzene rings is 1. The molecule has 0 unspecified atom stereocenters. The third-order valence-corrected chi connectivity index (χ3v) is 4.21. The molecule has 2 N–H and O–H groups in total. The van der Waals surface area contributed by atoms with Crippen molar-refractivity contribution in [2.75, 3.05) is 14.2 Å². The van der Waals surface area contributed by atoms with Gasteiger partial charge < -0.3 is 4.74 Å². The third-order valence-electron chi connectivity index (χ3n) is 4.21. The van der Waals surface area contributed by atoms with Crippen LogP contribution in [0.25, 0.3) is 0 Å². The fraction of sp³-hybridized carbons (Fsp3) is 0.208. The van der Waals surface area contributed by atoms with Crippen LogP contribution in [0.3, 0.4) is 0 Å². The largest absolute Gasteiger partial charge is 0.481 e. The van der Waals surface area contributed by atoms with Gasteiger partial charge in [0.2, 0.25) is 5.90 Å². The number of rotatable bonds is 9. The summed E-state index contributed by atoms with van der Waals surface area (Å²) in [5.41, 5.74) is -0.597. The van der Waals surface area contributed by atoms with Gasteiger partial charge in [0.25, 0.3) is 0 Å². The van der Waals surface area contributed by atoms with E-state index in [1.54, 1.807) is 37.3 Å². The Morgan fingerprint density at radius 1 is 1.13 bits per heavy atom. The molecule has 31 heavy (non-hydrogen) atoms. The van der Waals surface area contributed by atoms with Crippen LogP contribution in [-0.4, -0.2) is 31.5 Å². The van der Waals surface area contributed by atoms with Crippen LogP contribution in [0.2, 0.25) is 0 Å². The van der Waals surface area contributed by atoms with E-state index in [0.29, 0.717) is 24.1 Å². The number of halogens is 3. The van der Waals surface area contributed by atoms with E-state index in [-0.39, 0.29) is 22.8 Å². The zero-order valence-corrected chi connectivity index (χ0v) is 18.0. The highest BCUT2D eigenvalue weighted by molar-refractivity contribution is 6.32. The van der Waals surface area contributed by atoms with Gasteiger partial charge in [-0.3, -0.25) is 15.8 Å². The first-order valence-corrected chi connectivity index (χ1v) is 9.47. The lowest BCUT2D eigenvalue weighted by atomic mass is 9.88. The SMILES string of the molecule is C=C\C=C/C(=C\C)C(/C(=N)c1c(F)cc(F)cc1F)=C(/C(=N)OC)C(/C=C\CC)=NC. The molecule has 0 aliphatic heterocycles. The highest BCUT2D eigenvalue weighted by atomic mass is 19.1. The second kappa shape index (κ2) is 12.3. The molecule has 0 saturated heterocycles. The summed E-state index contributed by atoms with van der Waals surface area (Å²) in [5, 5.41) is 17.0. The van der Waals surface area contributed by atoms with Gasteiger partial charge in [0, 0.05) is 24.8 Å². The predicted octanol–water partition coefficient (Wildman–Crippen LogP) is 6.12. The molecule has 0 aliphatic rings. The van der Waals surface area contributed by atoms with Gasteiger partial charge in [0.15, 0.2) is 0 Å². The van der Waals surface area contributed by atoms with E-state index in [0.717, 1.165) is 0 Å². The van der Waals surface area contributed by atoms with Crippen molar-refractivity contribution in [1.29, 1.82) is 10.8 Å². The quantitative estimate of drug-likeness (QED) is 0.277. The summed E-state index contributed by atoms with van der Waals surface area (Å²) in [7, 11) is 2.77. The van der Waals surface area contributed by atoms with E-state index in [4.69, 9.17) is 15.6 Å². The molecule has 0 fully saturated rings. The minimum absolute atomic E-state index is 0.00166. The molecular formula is C24H26F3N3O. The summed E-state index contributed by atoms with van der Waals surface area (Å²) in [6.07, 6.45) is 10.4. The highest BCUT2D eigenvalue weighted by Gasteiger charge is 2.27. The van der Waals surface area contributed by atoms with Crippen LogP contribution < -0.4 is 0 Å². The number of methoxy groups -OCH3 is 1. The number of allylic oxidation sites excluding steroid dienone is 8. The van der Waals surface area contributed by atoms with Gasteiger partial charge in [0.1, 0.15) is 17.5 Å². The monoisotopic (exact) mass is 429 g/mol. The molecule has 1 aromatic rings. The first-order chi connectivity index (χ1) is 14.8. The number of nitrogens with one attached hydrogen (secondary N) is 2. The van der Waals surface area contributed by atoms with E-state index in [9.17, 15) is 13.2 Å². The molecule has 0 aromatic heterocycles. The van der Waals surface area contributed by atoms with Gasteiger partial charge in [-0.25, -0.2) is 13.2 Å². The zero-order valence-electron chi connectivity index (χ0n) is 18.0. The van der Waals surface area contributed by atoms with Gasteiger partial charge in [0.05, 0.1) is 29.7 Å². The van der Waals surface area contributed by atoms with Gasteiger partial charge in [-0.2, -0.15) is 0 Å². The number of hydrogen-bond acceptors (Lipinski definition) is 4. The summed E-state index contributed by atoms with van der Waals surface area (Å²) < 4.78 is 47.7. The van der Waals surface area contributed by atoms with Crippen LogP contribution in [0.5, 0.6) is 0 Å². The number of hydrogen-bond donors (Lipinski definition) is 2. The second-order valence-electron chi connectivity index (χ2n) is 6.16. The van der Waals surface area contributed by atoms with Gasteiger partial charge in [-0.15, -0.1) is 0 Å². The van der Waals surface area contributed by atoms with E-state index in [1.165, 1.54) is 20.2 Å². The van der Waals surface area contributed by atoms with Crippen LogP contribution in [0.4, 0.5) is 13.2 Å². The first kappa shape index (κ1) is 25.6. The summed E-state index contributed by atoms with van der Waals surface area (Å²) >= 11 is 0. The Hall–Kier alpha value is -3.48. The lowest BCUT2D eigenvalue weighted by Crippen LogP contribution is -2.22.